The maximum atomic E-state index is 4.90. The molecule has 0 heterocycles. The van der Waals surface area contributed by atoms with Crippen LogP contribution in [0.25, 0.3) is 0 Å². The fourth-order valence-electron chi connectivity index (χ4n) is 0.584. The Morgan fingerprint density at radius 1 is 0.800 bits per heavy atom. The molecule has 0 saturated heterocycles. The summed E-state index contributed by atoms with van der Waals surface area (Å²) < 4.78 is 12.1. The molecule has 0 unspecified atom stereocenters. The summed E-state index contributed by atoms with van der Waals surface area (Å²) in [5.41, 5.74) is 0. The molecule has 0 N–H and O–H groups in total. The van der Waals surface area contributed by atoms with Gasteiger partial charge in [0.1, 0.15) is 0 Å². The van der Waals surface area contributed by atoms with E-state index in [0.29, 0.717) is 0 Å². The van der Waals surface area contributed by atoms with Gasteiger partial charge in [0.2, 0.25) is 0 Å². The average Bonchev–Trinajstić information content (AvgIpc) is 2.26. The number of alkyl halides is 2. The molecule has 4 heteroatoms. The minimum Gasteiger partial charge on any atom is -0.502 e. The number of hydrogen-bond donors (Lipinski definition) is 0. The van der Waals surface area contributed by atoms with E-state index in [4.69, 9.17) is 9.47 Å². The quantitative estimate of drug-likeness (QED) is 0.231. The zero-order valence-electron chi connectivity index (χ0n) is 9.09. The van der Waals surface area contributed by atoms with E-state index in [0.717, 1.165) is 30.5 Å². The predicted molar refractivity (Wildman–Crippen MR) is 83.9 cm³/mol. The lowest BCUT2D eigenvalue weighted by Crippen LogP contribution is -1.86. The lowest BCUT2D eigenvalue weighted by Gasteiger charge is -1.95. The van der Waals surface area contributed by atoms with Crippen molar-refractivity contribution in [2.45, 2.75) is 19.3 Å². The third-order valence-electron chi connectivity index (χ3n) is 1.28. The fourth-order valence-corrected chi connectivity index (χ4v) is 1.44. The van der Waals surface area contributed by atoms with E-state index in [1.807, 2.05) is 0 Å². The van der Waals surface area contributed by atoms with E-state index in [2.05, 4.69) is 58.3 Å². The molecule has 0 saturated carbocycles. The van der Waals surface area contributed by atoms with Crippen molar-refractivity contribution in [2.24, 2.45) is 0 Å². The summed E-state index contributed by atoms with van der Waals surface area (Å²) in [5, 5.41) is 0. The summed E-state index contributed by atoms with van der Waals surface area (Å²) in [7, 11) is 0. The summed E-state index contributed by atoms with van der Waals surface area (Å²) >= 11 is 4.67. The van der Waals surface area contributed by atoms with Gasteiger partial charge >= 0.3 is 0 Å². The molecule has 0 rings (SSSR count). The Hall–Kier alpha value is 0.540. The van der Waals surface area contributed by atoms with E-state index in [-0.39, 0.29) is 0 Å². The van der Waals surface area contributed by atoms with Gasteiger partial charge in [0, 0.05) is 4.43 Å². The molecule has 0 spiro atoms. The highest BCUT2D eigenvalue weighted by Gasteiger charge is 1.82. The largest absolute Gasteiger partial charge is 0.502 e. The third kappa shape index (κ3) is 25.1. The van der Waals surface area contributed by atoms with Gasteiger partial charge < -0.3 is 9.47 Å². The molecule has 0 bridgehead atoms. The molecule has 90 valence electrons. The SMILES string of the molecule is C=COCCCCI.C=COCCCI. The van der Waals surface area contributed by atoms with Crippen LogP contribution in [0.5, 0.6) is 0 Å². The Morgan fingerprint density at radius 3 is 1.67 bits per heavy atom. The van der Waals surface area contributed by atoms with Crippen LogP contribution in [-0.2, 0) is 9.47 Å². The molecular formula is C11H20I2O2. The molecule has 0 amide bonds. The van der Waals surface area contributed by atoms with E-state index in [9.17, 15) is 0 Å². The molecule has 0 aromatic carbocycles. The van der Waals surface area contributed by atoms with Crippen LogP contribution in [0.4, 0.5) is 0 Å². The first-order chi connectivity index (χ1) is 7.33. The summed E-state index contributed by atoms with van der Waals surface area (Å²) in [4.78, 5) is 0. The van der Waals surface area contributed by atoms with Crippen molar-refractivity contribution in [1.82, 2.24) is 0 Å². The first-order valence-electron chi connectivity index (χ1n) is 4.90. The number of halogens is 2. The first-order valence-corrected chi connectivity index (χ1v) is 7.95. The second-order valence-electron chi connectivity index (χ2n) is 2.51. The highest BCUT2D eigenvalue weighted by Crippen LogP contribution is 1.94. The highest BCUT2D eigenvalue weighted by atomic mass is 127. The van der Waals surface area contributed by atoms with Crippen molar-refractivity contribution in [3.8, 4) is 0 Å². The maximum Gasteiger partial charge on any atom is 0.0880 e. The molecular weight excluding hydrogens is 418 g/mol. The van der Waals surface area contributed by atoms with Gasteiger partial charge in [-0.15, -0.1) is 0 Å². The number of unbranched alkanes of at least 4 members (excludes halogenated alkanes) is 1. The summed E-state index contributed by atoms with van der Waals surface area (Å²) in [6.07, 6.45) is 6.48. The van der Waals surface area contributed by atoms with Gasteiger partial charge in [-0.2, -0.15) is 0 Å². The fraction of sp³-hybridized carbons (Fsp3) is 0.636. The molecule has 0 aliphatic heterocycles. The smallest absolute Gasteiger partial charge is 0.0880 e. The Bertz CT molecular complexity index is 130. The third-order valence-corrected chi connectivity index (χ3v) is 2.80. The monoisotopic (exact) mass is 438 g/mol. The van der Waals surface area contributed by atoms with Crippen molar-refractivity contribution in [1.29, 1.82) is 0 Å². The summed E-state index contributed by atoms with van der Waals surface area (Å²) in [6, 6.07) is 0. The lowest BCUT2D eigenvalue weighted by molar-refractivity contribution is 0.245. The van der Waals surface area contributed by atoms with Gasteiger partial charge in [0.15, 0.2) is 0 Å². The van der Waals surface area contributed by atoms with Crippen LogP contribution >= 0.6 is 45.2 Å². The van der Waals surface area contributed by atoms with Gasteiger partial charge in [0.05, 0.1) is 25.7 Å². The minimum atomic E-state index is 0.812. The zero-order chi connectivity index (χ0) is 11.8. The molecule has 0 aliphatic rings. The van der Waals surface area contributed by atoms with Crippen molar-refractivity contribution >= 4 is 45.2 Å². The van der Waals surface area contributed by atoms with Crippen molar-refractivity contribution < 1.29 is 9.47 Å². The van der Waals surface area contributed by atoms with Crippen LogP contribution < -0.4 is 0 Å². The van der Waals surface area contributed by atoms with E-state index >= 15 is 0 Å². The number of ether oxygens (including phenoxy) is 2. The van der Waals surface area contributed by atoms with Crippen LogP contribution in [0.2, 0.25) is 0 Å². The second kappa shape index (κ2) is 20.0. The average molecular weight is 438 g/mol. The van der Waals surface area contributed by atoms with Crippen LogP contribution in [-0.4, -0.2) is 22.1 Å². The maximum absolute atomic E-state index is 4.90. The minimum absolute atomic E-state index is 0.812. The zero-order valence-corrected chi connectivity index (χ0v) is 13.4. The van der Waals surface area contributed by atoms with Crippen molar-refractivity contribution in [2.75, 3.05) is 22.1 Å². The molecule has 0 aliphatic carbocycles. The van der Waals surface area contributed by atoms with Crippen molar-refractivity contribution in [3.63, 3.8) is 0 Å². The van der Waals surface area contributed by atoms with Crippen LogP contribution in [0.1, 0.15) is 19.3 Å². The summed E-state index contributed by atoms with van der Waals surface area (Å²) in [6.45, 7) is 8.48. The number of rotatable bonds is 9. The normalized spacial score (nSPS) is 8.40. The number of hydrogen-bond acceptors (Lipinski definition) is 2. The highest BCUT2D eigenvalue weighted by molar-refractivity contribution is 14.1. The van der Waals surface area contributed by atoms with Crippen LogP contribution in [0.3, 0.4) is 0 Å². The Balaban J connectivity index is 0. The summed E-state index contributed by atoms with van der Waals surface area (Å²) in [5.74, 6) is 0. The lowest BCUT2D eigenvalue weighted by atomic mass is 10.4. The van der Waals surface area contributed by atoms with E-state index < -0.39 is 0 Å². The van der Waals surface area contributed by atoms with Crippen LogP contribution in [0.15, 0.2) is 25.7 Å². The molecule has 0 aromatic heterocycles. The van der Waals surface area contributed by atoms with E-state index in [1.165, 1.54) is 23.4 Å². The first kappa shape index (κ1) is 17.9. The van der Waals surface area contributed by atoms with Crippen molar-refractivity contribution in [3.05, 3.63) is 25.7 Å². The van der Waals surface area contributed by atoms with Gasteiger partial charge in [-0.1, -0.05) is 58.3 Å². The molecule has 0 atom stereocenters. The molecule has 15 heavy (non-hydrogen) atoms. The topological polar surface area (TPSA) is 18.5 Å². The van der Waals surface area contributed by atoms with Gasteiger partial charge in [-0.25, -0.2) is 0 Å². The second-order valence-corrected chi connectivity index (χ2v) is 4.67. The molecule has 0 radical (unpaired) electrons. The Kier molecular flexibility index (Phi) is 23.9. The van der Waals surface area contributed by atoms with Crippen LogP contribution in [0, 0.1) is 0 Å². The van der Waals surface area contributed by atoms with Gasteiger partial charge in [-0.05, 0) is 23.7 Å². The predicted octanol–water partition coefficient (Wildman–Crippen LogP) is 4.33. The standard InChI is InChI=1S/C6H11IO.C5H9IO/c1-2-8-6-4-3-5-7;1-2-7-5-3-4-6/h2H,1,3-6H2;2H,1,3-5H2. The Morgan fingerprint density at radius 2 is 1.27 bits per heavy atom. The molecule has 0 aromatic rings. The van der Waals surface area contributed by atoms with Gasteiger partial charge in [0.25, 0.3) is 0 Å². The van der Waals surface area contributed by atoms with E-state index in [1.54, 1.807) is 0 Å². The molecule has 2 nitrogen and oxygen atoms in total. The molecule has 0 fully saturated rings. The van der Waals surface area contributed by atoms with Gasteiger partial charge in [-0.3, -0.25) is 0 Å². The Labute approximate surface area is 121 Å².